The summed E-state index contributed by atoms with van der Waals surface area (Å²) in [6.07, 6.45) is 9.37. The van der Waals surface area contributed by atoms with E-state index in [1.165, 1.54) is 18.1 Å². The fraction of sp³-hybridized carbons (Fsp3) is 0.568. The van der Waals surface area contributed by atoms with Gasteiger partial charge < -0.3 is 14.4 Å². The Hall–Kier alpha value is -3.24. The van der Waals surface area contributed by atoms with E-state index >= 15 is 4.39 Å². The van der Waals surface area contributed by atoms with E-state index in [1.54, 1.807) is 19.1 Å². The van der Waals surface area contributed by atoms with Crippen molar-refractivity contribution in [3.05, 3.63) is 58.9 Å². The van der Waals surface area contributed by atoms with Crippen LogP contribution in [0.3, 0.4) is 0 Å². The normalized spacial score (nSPS) is 29.5. The van der Waals surface area contributed by atoms with E-state index in [0.29, 0.717) is 31.7 Å². The molecule has 3 aromatic rings. The Balaban J connectivity index is 1.22. The molecule has 47 heavy (non-hydrogen) atoms. The molecule has 6 aliphatic rings. The molecule has 0 spiro atoms. The van der Waals surface area contributed by atoms with Gasteiger partial charge in [-0.2, -0.15) is 0 Å². The van der Waals surface area contributed by atoms with Crippen molar-refractivity contribution in [2.75, 3.05) is 20.1 Å². The van der Waals surface area contributed by atoms with Crippen LogP contribution in [0.25, 0.3) is 22.2 Å². The molecule has 0 radical (unpaired) electrons. The minimum absolute atomic E-state index is 0.0789. The lowest BCUT2D eigenvalue weighted by Gasteiger charge is -2.41. The average Bonchev–Trinajstić information content (AvgIpc) is 3.93. The SMILES string of the molecule is CN1C[C@H]2CC[C@@H](C1)N2C(=O)[C@]12C[C@H]1c1cc(F)ccc1-c1c(C3CCCCC3)c3ccc(C(=O)NS(=O)(=O)C4(C)CC4)cc3n1C2. The smallest absolute Gasteiger partial charge is 0.264 e. The maximum atomic E-state index is 15.1. The topological polar surface area (TPSA) is 91.7 Å². The first-order valence-electron chi connectivity index (χ1n) is 17.5. The Bertz CT molecular complexity index is 1950. The fourth-order valence-corrected chi connectivity index (χ4v) is 11.0. The van der Waals surface area contributed by atoms with Gasteiger partial charge in [0.05, 0.1) is 15.9 Å². The predicted octanol–water partition coefficient (Wildman–Crippen LogP) is 5.90. The lowest BCUT2D eigenvalue weighted by Crippen LogP contribution is -2.57. The number of aromatic nitrogens is 1. The van der Waals surface area contributed by atoms with Crippen molar-refractivity contribution in [2.24, 2.45) is 5.41 Å². The molecular formula is C37H43FN4O4S. The summed E-state index contributed by atoms with van der Waals surface area (Å²) in [5.41, 5.74) is 4.60. The molecule has 1 aromatic heterocycles. The minimum Gasteiger partial charge on any atom is -0.339 e. The predicted molar refractivity (Wildman–Crippen MR) is 178 cm³/mol. The highest BCUT2D eigenvalue weighted by Crippen LogP contribution is 2.66. The molecule has 4 atom stereocenters. The van der Waals surface area contributed by atoms with Crippen molar-refractivity contribution in [1.82, 2.24) is 19.1 Å². The first-order chi connectivity index (χ1) is 22.5. The maximum Gasteiger partial charge on any atom is 0.264 e. The Morgan fingerprint density at radius 3 is 2.38 bits per heavy atom. The van der Waals surface area contributed by atoms with Gasteiger partial charge in [0, 0.05) is 59.7 Å². The second-order valence-electron chi connectivity index (χ2n) is 15.8. The van der Waals surface area contributed by atoms with E-state index in [2.05, 4.69) is 26.1 Å². The number of halogens is 1. The van der Waals surface area contributed by atoms with Crippen molar-refractivity contribution < 1.29 is 22.4 Å². The van der Waals surface area contributed by atoms with Crippen LogP contribution >= 0.6 is 0 Å². The van der Waals surface area contributed by atoms with Crippen LogP contribution < -0.4 is 4.72 Å². The molecular weight excluding hydrogens is 615 g/mol. The molecule has 2 bridgehead atoms. The third kappa shape index (κ3) is 4.42. The van der Waals surface area contributed by atoms with Crippen LogP contribution in [-0.4, -0.2) is 71.6 Å². The number of amides is 2. The number of sulfonamides is 1. The van der Waals surface area contributed by atoms with Crippen molar-refractivity contribution in [1.29, 1.82) is 0 Å². The molecule has 0 unspecified atom stereocenters. The molecule has 8 nitrogen and oxygen atoms in total. The Morgan fingerprint density at radius 1 is 0.957 bits per heavy atom. The minimum atomic E-state index is -3.81. The molecule has 4 heterocycles. The van der Waals surface area contributed by atoms with Gasteiger partial charge >= 0.3 is 0 Å². The first kappa shape index (κ1) is 29.9. The van der Waals surface area contributed by atoms with Crippen LogP contribution in [0.5, 0.6) is 0 Å². The Morgan fingerprint density at radius 2 is 1.68 bits per heavy atom. The van der Waals surface area contributed by atoms with Gasteiger partial charge in [0.1, 0.15) is 5.82 Å². The summed E-state index contributed by atoms with van der Waals surface area (Å²) in [4.78, 5) is 32.9. The molecule has 2 aromatic carbocycles. The van der Waals surface area contributed by atoms with Crippen molar-refractivity contribution in [3.63, 3.8) is 0 Å². The lowest BCUT2D eigenvalue weighted by atomic mass is 9.81. The molecule has 10 heteroatoms. The zero-order valence-electron chi connectivity index (χ0n) is 27.2. The van der Waals surface area contributed by atoms with Crippen LogP contribution in [0.2, 0.25) is 0 Å². The Labute approximate surface area is 275 Å². The summed E-state index contributed by atoms with van der Waals surface area (Å²) in [6.45, 7) is 3.87. The number of likely N-dealkylation sites (tertiary alicyclic amines) is 1. The van der Waals surface area contributed by atoms with Crippen LogP contribution in [-0.2, 0) is 21.4 Å². The molecule has 3 saturated carbocycles. The number of carbonyl (C=O) groups excluding carboxylic acids is 2. The summed E-state index contributed by atoms with van der Waals surface area (Å²) in [5.74, 6) is -0.500. The second-order valence-corrected chi connectivity index (χ2v) is 18.0. The van der Waals surface area contributed by atoms with Gasteiger partial charge in [-0.1, -0.05) is 25.3 Å². The number of piperazine rings is 1. The Kier molecular flexibility index (Phi) is 6.44. The number of rotatable bonds is 5. The number of fused-ring (bicyclic) bond motifs is 9. The van der Waals surface area contributed by atoms with E-state index < -0.39 is 26.1 Å². The second kappa shape index (κ2) is 10.1. The summed E-state index contributed by atoms with van der Waals surface area (Å²) >= 11 is 0. The molecule has 5 fully saturated rings. The standard InChI is InChI=1S/C37H43FN4O4S/c1-36(14-15-36)47(45,46)39-34(43)23-8-12-28-31(16-23)41-21-37(35(44)42-25-10-11-26(42)20-40(2)19-25)18-30(37)29-17-24(38)9-13-27(29)33(41)32(28)22-6-4-3-5-7-22/h8-9,12-13,16-17,22,25-26,30H,3-7,10-11,14-15,18-21H2,1-2H3,(H,39,43)/t25-,26+,30-,37-/m0/s1. The third-order valence-electron chi connectivity index (χ3n) is 12.7. The van der Waals surface area contributed by atoms with Crippen molar-refractivity contribution in [3.8, 4) is 11.3 Å². The van der Waals surface area contributed by atoms with Crippen LogP contribution in [0.15, 0.2) is 36.4 Å². The van der Waals surface area contributed by atoms with Gasteiger partial charge in [0.2, 0.25) is 15.9 Å². The summed E-state index contributed by atoms with van der Waals surface area (Å²) < 4.78 is 44.8. The van der Waals surface area contributed by atoms with Crippen LogP contribution in [0.4, 0.5) is 4.39 Å². The number of hydrogen-bond donors (Lipinski definition) is 1. The van der Waals surface area contributed by atoms with E-state index in [9.17, 15) is 18.0 Å². The third-order valence-corrected chi connectivity index (χ3v) is 14.9. The molecule has 248 valence electrons. The largest absolute Gasteiger partial charge is 0.339 e. The maximum absolute atomic E-state index is 15.1. The van der Waals surface area contributed by atoms with E-state index in [0.717, 1.165) is 79.3 Å². The number of benzene rings is 2. The van der Waals surface area contributed by atoms with Crippen molar-refractivity contribution in [2.45, 2.75) is 106 Å². The van der Waals surface area contributed by atoms with E-state index in [-0.39, 0.29) is 35.3 Å². The summed E-state index contributed by atoms with van der Waals surface area (Å²) in [5, 5.41) is 1.04. The average molecular weight is 659 g/mol. The quantitative estimate of drug-likeness (QED) is 0.369. The molecule has 9 rings (SSSR count). The highest BCUT2D eigenvalue weighted by Gasteiger charge is 2.65. The highest BCUT2D eigenvalue weighted by molar-refractivity contribution is 7.91. The van der Waals surface area contributed by atoms with Gasteiger partial charge in [-0.3, -0.25) is 9.59 Å². The zero-order chi connectivity index (χ0) is 32.5. The molecule has 2 amide bonds. The number of hydrogen-bond acceptors (Lipinski definition) is 5. The highest BCUT2D eigenvalue weighted by atomic mass is 32.2. The summed E-state index contributed by atoms with van der Waals surface area (Å²) in [6, 6.07) is 11.0. The van der Waals surface area contributed by atoms with E-state index in [4.69, 9.17) is 0 Å². The number of likely N-dealkylation sites (N-methyl/N-ethyl adjacent to an activating group) is 1. The monoisotopic (exact) mass is 658 g/mol. The first-order valence-corrected chi connectivity index (χ1v) is 19.0. The lowest BCUT2D eigenvalue weighted by molar-refractivity contribution is -0.143. The van der Waals surface area contributed by atoms with Gasteiger partial charge in [-0.15, -0.1) is 0 Å². The number of carbonyl (C=O) groups is 2. The zero-order valence-corrected chi connectivity index (χ0v) is 28.0. The number of nitrogens with zero attached hydrogens (tertiary/aromatic N) is 3. The number of nitrogens with one attached hydrogen (secondary N) is 1. The van der Waals surface area contributed by atoms with Crippen LogP contribution in [0.1, 0.15) is 104 Å². The molecule has 1 N–H and O–H groups in total. The van der Waals surface area contributed by atoms with Crippen LogP contribution in [0, 0.1) is 11.2 Å². The van der Waals surface area contributed by atoms with E-state index in [1.807, 2.05) is 18.2 Å². The summed E-state index contributed by atoms with van der Waals surface area (Å²) in [7, 11) is -1.68. The van der Waals surface area contributed by atoms with Gasteiger partial charge in [-0.25, -0.2) is 17.5 Å². The molecule has 2 saturated heterocycles. The van der Waals surface area contributed by atoms with Gasteiger partial charge in [0.25, 0.3) is 5.91 Å². The molecule has 3 aliphatic heterocycles. The molecule has 3 aliphatic carbocycles. The van der Waals surface area contributed by atoms with Gasteiger partial charge in [-0.05, 0) is 106 Å². The van der Waals surface area contributed by atoms with Crippen molar-refractivity contribution >= 4 is 32.7 Å². The van der Waals surface area contributed by atoms with Gasteiger partial charge in [0.15, 0.2) is 0 Å². The fourth-order valence-electron chi connectivity index (χ4n) is 9.74.